The van der Waals surface area contributed by atoms with Crippen molar-refractivity contribution < 1.29 is 18.3 Å². The van der Waals surface area contributed by atoms with Crippen LogP contribution < -0.4 is 0 Å². The second-order valence-corrected chi connectivity index (χ2v) is 3.12. The van der Waals surface area contributed by atoms with E-state index in [9.17, 15) is 18.3 Å². The average Bonchev–Trinajstić information content (AvgIpc) is 2.16. The van der Waals surface area contributed by atoms with E-state index in [1.165, 1.54) is 24.3 Å². The van der Waals surface area contributed by atoms with Gasteiger partial charge >= 0.3 is 6.18 Å². The van der Waals surface area contributed by atoms with Gasteiger partial charge in [0.1, 0.15) is 0 Å². The first-order chi connectivity index (χ1) is 6.42. The number of hydrogen-bond donors (Lipinski definition) is 1. The third-order valence-electron chi connectivity index (χ3n) is 1.91. The van der Waals surface area contributed by atoms with E-state index >= 15 is 0 Å². The van der Waals surface area contributed by atoms with Gasteiger partial charge in [-0.25, -0.2) is 0 Å². The van der Waals surface area contributed by atoms with Crippen molar-refractivity contribution in [3.8, 4) is 0 Å². The minimum absolute atomic E-state index is 0.248. The summed E-state index contributed by atoms with van der Waals surface area (Å²) in [6.07, 6.45) is -4.77. The molecule has 0 aliphatic heterocycles. The minimum Gasteiger partial charge on any atom is -0.375 e. The smallest absolute Gasteiger partial charge is 0.375 e. The number of aliphatic hydroxyl groups is 1. The molecule has 1 rings (SSSR count). The van der Waals surface area contributed by atoms with Crippen LogP contribution in [0.4, 0.5) is 13.2 Å². The van der Waals surface area contributed by atoms with Gasteiger partial charge in [-0.05, 0) is 5.56 Å². The fourth-order valence-corrected chi connectivity index (χ4v) is 1.34. The van der Waals surface area contributed by atoms with E-state index in [0.29, 0.717) is 0 Å². The van der Waals surface area contributed by atoms with Gasteiger partial charge in [-0.3, -0.25) is 0 Å². The van der Waals surface area contributed by atoms with E-state index in [1.54, 1.807) is 6.07 Å². The summed E-state index contributed by atoms with van der Waals surface area (Å²) < 4.78 is 37.4. The van der Waals surface area contributed by atoms with Gasteiger partial charge in [0.25, 0.3) is 0 Å². The second-order valence-electron chi connectivity index (χ2n) is 2.86. The number of benzene rings is 1. The minimum atomic E-state index is -4.77. The number of hydrogen-bond acceptors (Lipinski definition) is 1. The summed E-state index contributed by atoms with van der Waals surface area (Å²) in [4.78, 5) is 0. The van der Waals surface area contributed by atoms with Crippen molar-refractivity contribution in [3.05, 3.63) is 35.9 Å². The maximum absolute atomic E-state index is 12.5. The maximum atomic E-state index is 12.5. The zero-order chi connectivity index (χ0) is 10.8. The molecule has 1 aromatic rings. The van der Waals surface area contributed by atoms with E-state index in [2.05, 4.69) is 0 Å². The Kier molecular flexibility index (Phi) is 3.07. The molecule has 0 aliphatic rings. The van der Waals surface area contributed by atoms with Crippen molar-refractivity contribution in [2.24, 2.45) is 0 Å². The molecule has 1 atom stereocenters. The van der Waals surface area contributed by atoms with Gasteiger partial charge in [0.2, 0.25) is 0 Å². The first-order valence-corrected chi connectivity index (χ1v) is 4.36. The molecule has 1 nitrogen and oxygen atoms in total. The molecular weight excluding hydrogens is 217 g/mol. The highest BCUT2D eigenvalue weighted by Gasteiger charge is 2.54. The highest BCUT2D eigenvalue weighted by atomic mass is 35.5. The van der Waals surface area contributed by atoms with Crippen LogP contribution in [-0.2, 0) is 5.60 Å². The number of halogens is 4. The molecule has 1 unspecified atom stereocenters. The summed E-state index contributed by atoms with van der Waals surface area (Å²) in [5.74, 6) is -0.916. The van der Waals surface area contributed by atoms with Gasteiger partial charge in [0.05, 0.1) is 5.88 Å². The van der Waals surface area contributed by atoms with E-state index in [1.807, 2.05) is 0 Å². The van der Waals surface area contributed by atoms with Crippen LogP contribution in [0, 0.1) is 0 Å². The molecule has 1 aromatic carbocycles. The van der Waals surface area contributed by atoms with Crippen molar-refractivity contribution in [2.45, 2.75) is 11.8 Å². The molecule has 0 aliphatic carbocycles. The Morgan fingerprint density at radius 3 is 2.00 bits per heavy atom. The first kappa shape index (κ1) is 11.3. The molecular formula is C9H8ClF3O. The molecule has 0 bridgehead atoms. The Labute approximate surface area is 84.1 Å². The highest BCUT2D eigenvalue weighted by Crippen LogP contribution is 2.39. The summed E-state index contributed by atoms with van der Waals surface area (Å²) in [6.45, 7) is 0. The highest BCUT2D eigenvalue weighted by molar-refractivity contribution is 6.18. The van der Waals surface area contributed by atoms with E-state index in [-0.39, 0.29) is 5.56 Å². The van der Waals surface area contributed by atoms with Crippen molar-refractivity contribution >= 4 is 11.6 Å². The monoisotopic (exact) mass is 224 g/mol. The maximum Gasteiger partial charge on any atom is 0.422 e. The summed E-state index contributed by atoms with van der Waals surface area (Å²) in [5, 5.41) is 9.37. The molecule has 0 heterocycles. The van der Waals surface area contributed by atoms with Crippen LogP contribution in [0.15, 0.2) is 30.3 Å². The van der Waals surface area contributed by atoms with Gasteiger partial charge in [0, 0.05) is 0 Å². The lowest BCUT2D eigenvalue weighted by Gasteiger charge is -2.28. The van der Waals surface area contributed by atoms with Crippen LogP contribution in [0.1, 0.15) is 5.56 Å². The summed E-state index contributed by atoms with van der Waals surface area (Å²) in [6, 6.07) is 6.78. The van der Waals surface area contributed by atoms with Crippen LogP contribution >= 0.6 is 11.6 Å². The third kappa shape index (κ3) is 1.86. The largest absolute Gasteiger partial charge is 0.422 e. The summed E-state index contributed by atoms with van der Waals surface area (Å²) in [7, 11) is 0. The Morgan fingerprint density at radius 2 is 1.64 bits per heavy atom. The Hall–Kier alpha value is -0.740. The third-order valence-corrected chi connectivity index (χ3v) is 2.30. The molecule has 0 saturated heterocycles. The van der Waals surface area contributed by atoms with E-state index in [0.717, 1.165) is 0 Å². The normalized spacial score (nSPS) is 16.4. The molecule has 78 valence electrons. The molecule has 0 fully saturated rings. The fourth-order valence-electron chi connectivity index (χ4n) is 1.03. The van der Waals surface area contributed by atoms with Crippen LogP contribution in [0.3, 0.4) is 0 Å². The van der Waals surface area contributed by atoms with Gasteiger partial charge in [-0.15, -0.1) is 11.6 Å². The zero-order valence-electron chi connectivity index (χ0n) is 7.05. The average molecular weight is 225 g/mol. The van der Waals surface area contributed by atoms with E-state index in [4.69, 9.17) is 11.6 Å². The Bertz CT molecular complexity index is 299. The number of alkyl halides is 4. The number of rotatable bonds is 2. The lowest BCUT2D eigenvalue weighted by molar-refractivity contribution is -0.257. The Morgan fingerprint density at radius 1 is 1.14 bits per heavy atom. The predicted molar refractivity (Wildman–Crippen MR) is 47.1 cm³/mol. The standard InChI is InChI=1S/C9H8ClF3O/c10-6-8(14,9(11,12)13)7-4-2-1-3-5-7/h1-5,14H,6H2. The first-order valence-electron chi connectivity index (χ1n) is 3.82. The van der Waals surface area contributed by atoms with Crippen molar-refractivity contribution in [1.82, 2.24) is 0 Å². The summed E-state index contributed by atoms with van der Waals surface area (Å²) >= 11 is 5.16. The van der Waals surface area contributed by atoms with Crippen LogP contribution in [0.2, 0.25) is 0 Å². The van der Waals surface area contributed by atoms with Crippen LogP contribution in [0.5, 0.6) is 0 Å². The second kappa shape index (κ2) is 3.79. The van der Waals surface area contributed by atoms with Crippen molar-refractivity contribution in [3.63, 3.8) is 0 Å². The lowest BCUT2D eigenvalue weighted by Crippen LogP contribution is -2.43. The van der Waals surface area contributed by atoms with Crippen molar-refractivity contribution in [1.29, 1.82) is 0 Å². The van der Waals surface area contributed by atoms with E-state index < -0.39 is 17.7 Å². The summed E-state index contributed by atoms with van der Waals surface area (Å²) in [5.41, 5.74) is -3.21. The molecule has 0 amide bonds. The van der Waals surface area contributed by atoms with Crippen LogP contribution in [-0.4, -0.2) is 17.2 Å². The molecule has 0 saturated carbocycles. The predicted octanol–water partition coefficient (Wildman–Crippen LogP) is 2.68. The zero-order valence-corrected chi connectivity index (χ0v) is 7.81. The van der Waals surface area contributed by atoms with Crippen LogP contribution in [0.25, 0.3) is 0 Å². The molecule has 0 aromatic heterocycles. The quantitative estimate of drug-likeness (QED) is 0.766. The molecule has 14 heavy (non-hydrogen) atoms. The molecule has 1 N–H and O–H groups in total. The molecule has 0 radical (unpaired) electrons. The lowest BCUT2D eigenvalue weighted by atomic mass is 9.95. The molecule has 0 spiro atoms. The fraction of sp³-hybridized carbons (Fsp3) is 0.333. The SMILES string of the molecule is OC(CCl)(c1ccccc1)C(F)(F)F. The van der Waals surface area contributed by atoms with Gasteiger partial charge in [-0.1, -0.05) is 30.3 Å². The van der Waals surface area contributed by atoms with Gasteiger partial charge < -0.3 is 5.11 Å². The van der Waals surface area contributed by atoms with Gasteiger partial charge in [-0.2, -0.15) is 13.2 Å². The Balaban J connectivity index is 3.15. The molecule has 5 heteroatoms. The van der Waals surface area contributed by atoms with Gasteiger partial charge in [0.15, 0.2) is 5.60 Å². The van der Waals surface area contributed by atoms with Crippen molar-refractivity contribution in [2.75, 3.05) is 5.88 Å². The topological polar surface area (TPSA) is 20.2 Å².